The van der Waals surface area contributed by atoms with E-state index in [2.05, 4.69) is 4.98 Å². The van der Waals surface area contributed by atoms with Crippen LogP contribution < -0.4 is 0 Å². The van der Waals surface area contributed by atoms with E-state index in [1.165, 1.54) is 6.07 Å². The summed E-state index contributed by atoms with van der Waals surface area (Å²) in [6, 6.07) is 19.5. The second kappa shape index (κ2) is 11.9. The first kappa shape index (κ1) is 27.6. The molecule has 1 heterocycles. The maximum absolute atomic E-state index is 13.1. The lowest BCUT2D eigenvalue weighted by molar-refractivity contribution is 0.0692. The monoisotopic (exact) mass is 528 g/mol. The fraction of sp³-hybridized carbons (Fsp3) is 0.233. The van der Waals surface area contributed by atoms with Gasteiger partial charge in [0.25, 0.3) is 5.91 Å². The minimum absolute atomic E-state index is 0.122. The number of H-pyrrole nitrogens is 1. The zero-order valence-electron chi connectivity index (χ0n) is 22.2. The predicted molar refractivity (Wildman–Crippen MR) is 151 cm³/mol. The fourth-order valence-electron chi connectivity index (χ4n) is 4.41. The van der Waals surface area contributed by atoms with Crippen LogP contribution in [0.5, 0.6) is 5.88 Å². The van der Waals surface area contributed by atoms with Gasteiger partial charge >= 0.3 is 5.97 Å². The zero-order chi connectivity index (χ0) is 28.1. The lowest BCUT2D eigenvalue weighted by Gasteiger charge is -2.23. The Hall–Kier alpha value is -4.47. The van der Waals surface area contributed by atoms with E-state index in [-0.39, 0.29) is 30.5 Å². The van der Waals surface area contributed by atoms with Gasteiger partial charge in [0, 0.05) is 41.7 Å². The smallest absolute Gasteiger partial charge is 0.336 e. The number of aromatic carboxylic acids is 1. The number of nitrogens with zero attached hydrogens (tertiary/aromatic N) is 3. The van der Waals surface area contributed by atoms with Crippen molar-refractivity contribution < 1.29 is 24.9 Å². The van der Waals surface area contributed by atoms with Gasteiger partial charge in [0.05, 0.1) is 29.1 Å². The highest BCUT2D eigenvalue weighted by Gasteiger charge is 2.21. The Morgan fingerprint density at radius 3 is 2.23 bits per heavy atom. The van der Waals surface area contributed by atoms with Crippen molar-refractivity contribution in [2.24, 2.45) is 4.99 Å². The molecule has 9 heteroatoms. The van der Waals surface area contributed by atoms with Crippen LogP contribution in [0, 0.1) is 6.92 Å². The van der Waals surface area contributed by atoms with Crippen molar-refractivity contribution >= 4 is 34.2 Å². The van der Waals surface area contributed by atoms with Gasteiger partial charge in [-0.2, -0.15) is 0 Å². The van der Waals surface area contributed by atoms with Crippen molar-refractivity contribution in [3.63, 3.8) is 0 Å². The van der Waals surface area contributed by atoms with E-state index in [1.54, 1.807) is 42.2 Å². The van der Waals surface area contributed by atoms with Crippen LogP contribution in [0.1, 0.15) is 37.4 Å². The molecule has 0 aliphatic heterocycles. The van der Waals surface area contributed by atoms with Crippen molar-refractivity contribution in [3.05, 3.63) is 94.5 Å². The quantitative estimate of drug-likeness (QED) is 0.230. The highest BCUT2D eigenvalue weighted by atomic mass is 16.4. The number of carboxylic acids is 1. The Balaban J connectivity index is 1.76. The molecule has 4 rings (SSSR count). The van der Waals surface area contributed by atoms with Gasteiger partial charge in [0.2, 0.25) is 0 Å². The Morgan fingerprint density at radius 2 is 1.62 bits per heavy atom. The topological polar surface area (TPSA) is 129 Å². The van der Waals surface area contributed by atoms with Gasteiger partial charge in [0.1, 0.15) is 0 Å². The minimum Gasteiger partial charge on any atom is -0.494 e. The molecule has 202 valence electrons. The number of rotatable bonds is 10. The minimum atomic E-state index is -1.05. The number of amides is 1. The third kappa shape index (κ3) is 6.17. The third-order valence-corrected chi connectivity index (χ3v) is 6.47. The second-order valence-electron chi connectivity index (χ2n) is 9.56. The number of aliphatic imine (C=N–C) groups is 1. The summed E-state index contributed by atoms with van der Waals surface area (Å²) in [6.45, 7) is 3.00. The molecule has 0 radical (unpaired) electrons. The summed E-state index contributed by atoms with van der Waals surface area (Å²) < 4.78 is 0. The number of carboxylic acid groups (broad SMARTS) is 1. The summed E-state index contributed by atoms with van der Waals surface area (Å²) in [6.07, 6.45) is 0. The van der Waals surface area contributed by atoms with Gasteiger partial charge in [-0.1, -0.05) is 30.3 Å². The lowest BCUT2D eigenvalue weighted by Crippen LogP contribution is -2.38. The number of aromatic amines is 1. The maximum atomic E-state index is 13.1. The first-order valence-corrected chi connectivity index (χ1v) is 12.6. The van der Waals surface area contributed by atoms with E-state index in [9.17, 15) is 24.9 Å². The lowest BCUT2D eigenvalue weighted by atomic mass is 9.98. The van der Waals surface area contributed by atoms with Gasteiger partial charge in [-0.3, -0.25) is 4.79 Å². The average Bonchev–Trinajstić information content (AvgIpc) is 3.23. The number of nitrogens with one attached hydrogen (secondary N) is 1. The van der Waals surface area contributed by atoms with E-state index in [0.717, 1.165) is 5.56 Å². The standard InChI is InChI=1S/C30H32N4O5/c1-19-17-24-25(18-23(19)30(38)39)32-28(36)26(24)27(20-7-5-4-6-8-20)31-22-11-9-21(10-12-22)29(37)34(15-16-35)14-13-33(2)3/h4-12,17-18,32,35-36H,13-16H2,1-3H3,(H,38,39). The van der Waals surface area contributed by atoms with E-state index in [4.69, 9.17) is 4.99 Å². The molecule has 0 saturated carbocycles. The average molecular weight is 529 g/mol. The number of carbonyl (C=O) groups is 2. The summed E-state index contributed by atoms with van der Waals surface area (Å²) in [4.78, 5) is 36.0. The molecule has 0 bridgehead atoms. The summed E-state index contributed by atoms with van der Waals surface area (Å²) >= 11 is 0. The Morgan fingerprint density at radius 1 is 0.923 bits per heavy atom. The number of aliphatic hydroxyl groups is 1. The van der Waals surface area contributed by atoms with Crippen molar-refractivity contribution in [1.82, 2.24) is 14.8 Å². The number of aryl methyl sites for hydroxylation is 1. The molecule has 0 aliphatic rings. The number of aromatic hydroxyl groups is 1. The number of benzene rings is 3. The van der Waals surface area contributed by atoms with Crippen LogP contribution >= 0.6 is 0 Å². The van der Waals surface area contributed by atoms with Gasteiger partial charge in [-0.05, 0) is 63.0 Å². The van der Waals surface area contributed by atoms with Crippen molar-refractivity contribution in [2.45, 2.75) is 6.92 Å². The molecule has 1 aromatic heterocycles. The molecule has 4 N–H and O–H groups in total. The molecule has 0 fully saturated rings. The van der Waals surface area contributed by atoms with E-state index in [1.807, 2.05) is 49.3 Å². The molecular formula is C30H32N4O5. The van der Waals surface area contributed by atoms with Crippen molar-refractivity contribution in [3.8, 4) is 5.88 Å². The maximum Gasteiger partial charge on any atom is 0.336 e. The number of likely N-dealkylation sites (N-methyl/N-ethyl adjacent to an activating group) is 1. The highest BCUT2D eigenvalue weighted by molar-refractivity contribution is 6.22. The second-order valence-corrected chi connectivity index (χ2v) is 9.56. The molecule has 1 amide bonds. The van der Waals surface area contributed by atoms with Crippen LogP contribution in [0.25, 0.3) is 10.9 Å². The normalized spacial score (nSPS) is 11.8. The zero-order valence-corrected chi connectivity index (χ0v) is 22.2. The number of fused-ring (bicyclic) bond motifs is 1. The Labute approximate surface area is 226 Å². The number of aromatic nitrogens is 1. The van der Waals surface area contributed by atoms with E-state index in [0.29, 0.717) is 52.1 Å². The molecular weight excluding hydrogens is 496 g/mol. The van der Waals surface area contributed by atoms with Crippen LogP contribution in [0.3, 0.4) is 0 Å². The van der Waals surface area contributed by atoms with Gasteiger partial charge in [0.15, 0.2) is 5.88 Å². The number of hydrogen-bond acceptors (Lipinski definition) is 6. The third-order valence-electron chi connectivity index (χ3n) is 6.47. The van der Waals surface area contributed by atoms with E-state index >= 15 is 0 Å². The summed E-state index contributed by atoms with van der Waals surface area (Å²) in [7, 11) is 3.85. The number of hydrogen-bond donors (Lipinski definition) is 4. The van der Waals surface area contributed by atoms with Crippen molar-refractivity contribution in [1.29, 1.82) is 0 Å². The molecule has 0 unspecified atom stereocenters. The molecule has 4 aromatic rings. The Bertz CT molecular complexity index is 1510. The van der Waals surface area contributed by atoms with Gasteiger partial charge in [-0.25, -0.2) is 9.79 Å². The predicted octanol–water partition coefficient (Wildman–Crippen LogP) is 4.05. The number of aliphatic hydroxyl groups excluding tert-OH is 1. The first-order chi connectivity index (χ1) is 18.7. The fourth-order valence-corrected chi connectivity index (χ4v) is 4.41. The highest BCUT2D eigenvalue weighted by Crippen LogP contribution is 2.33. The largest absolute Gasteiger partial charge is 0.494 e. The number of carbonyl (C=O) groups excluding carboxylic acids is 1. The summed E-state index contributed by atoms with van der Waals surface area (Å²) in [5.41, 5.74) is 3.95. The molecule has 3 aromatic carbocycles. The SMILES string of the molecule is Cc1cc2c(C(=Nc3ccc(C(=O)N(CCO)CCN(C)C)cc3)c3ccccc3)c(O)[nH]c2cc1C(=O)O. The van der Waals surface area contributed by atoms with Crippen LogP contribution in [-0.4, -0.2) is 88.0 Å². The van der Waals surface area contributed by atoms with Gasteiger partial charge < -0.3 is 30.1 Å². The first-order valence-electron chi connectivity index (χ1n) is 12.6. The molecule has 9 nitrogen and oxygen atoms in total. The summed E-state index contributed by atoms with van der Waals surface area (Å²) in [5, 5.41) is 30.5. The molecule has 0 saturated heterocycles. The van der Waals surface area contributed by atoms with Crippen molar-refractivity contribution in [2.75, 3.05) is 40.3 Å². The van der Waals surface area contributed by atoms with Crippen LogP contribution in [0.2, 0.25) is 0 Å². The molecule has 0 atom stereocenters. The molecule has 0 aliphatic carbocycles. The van der Waals surface area contributed by atoms with E-state index < -0.39 is 5.97 Å². The Kier molecular flexibility index (Phi) is 8.43. The summed E-state index contributed by atoms with van der Waals surface area (Å²) in [5.74, 6) is -1.35. The molecule has 0 spiro atoms. The van der Waals surface area contributed by atoms with Crippen LogP contribution in [0.15, 0.2) is 71.7 Å². The van der Waals surface area contributed by atoms with Crippen LogP contribution in [-0.2, 0) is 0 Å². The van der Waals surface area contributed by atoms with Crippen LogP contribution in [0.4, 0.5) is 5.69 Å². The van der Waals surface area contributed by atoms with Gasteiger partial charge in [-0.15, -0.1) is 0 Å². The molecule has 39 heavy (non-hydrogen) atoms.